The van der Waals surface area contributed by atoms with Crippen molar-refractivity contribution in [3.63, 3.8) is 0 Å². The Morgan fingerprint density at radius 3 is 2.81 bits per heavy atom. The average Bonchev–Trinajstić information content (AvgIpc) is 2.69. The van der Waals surface area contributed by atoms with Crippen LogP contribution in [0.25, 0.3) is 0 Å². The predicted molar refractivity (Wildman–Crippen MR) is 99.9 cm³/mol. The second-order valence-electron chi connectivity index (χ2n) is 7.18. The summed E-state index contributed by atoms with van der Waals surface area (Å²) < 4.78 is 5.62. The molecule has 0 radical (unpaired) electrons. The fourth-order valence-corrected chi connectivity index (χ4v) is 3.74. The van der Waals surface area contributed by atoms with Gasteiger partial charge < -0.3 is 19.9 Å². The molecule has 2 atom stereocenters. The molecule has 0 aromatic heterocycles. The molecule has 2 aliphatic heterocycles. The topological polar surface area (TPSA) is 61.9 Å². The normalized spacial score (nSPS) is 23.6. The highest BCUT2D eigenvalue weighted by Crippen LogP contribution is 2.21. The highest BCUT2D eigenvalue weighted by atomic mass is 16.5. The van der Waals surface area contributed by atoms with Gasteiger partial charge in [0, 0.05) is 38.8 Å². The zero-order valence-electron chi connectivity index (χ0n) is 15.5. The van der Waals surface area contributed by atoms with Gasteiger partial charge in [0.25, 0.3) is 0 Å². The second-order valence-corrected chi connectivity index (χ2v) is 7.18. The highest BCUT2D eigenvalue weighted by molar-refractivity contribution is 5.81. The molecule has 0 bridgehead atoms. The van der Waals surface area contributed by atoms with Crippen molar-refractivity contribution in [2.45, 2.75) is 32.2 Å². The molecule has 1 aromatic rings. The summed E-state index contributed by atoms with van der Waals surface area (Å²) in [5.41, 5.74) is 0. The van der Waals surface area contributed by atoms with Crippen molar-refractivity contribution in [1.82, 2.24) is 15.1 Å². The summed E-state index contributed by atoms with van der Waals surface area (Å²) in [5, 5.41) is 3.31. The molecule has 1 unspecified atom stereocenters. The first-order valence-electron chi connectivity index (χ1n) is 9.62. The summed E-state index contributed by atoms with van der Waals surface area (Å²) in [6.07, 6.45) is 2.11. The van der Waals surface area contributed by atoms with Crippen molar-refractivity contribution >= 4 is 11.8 Å². The van der Waals surface area contributed by atoms with Gasteiger partial charge in [-0.3, -0.25) is 9.59 Å². The zero-order valence-corrected chi connectivity index (χ0v) is 15.5. The van der Waals surface area contributed by atoms with Gasteiger partial charge in [-0.2, -0.15) is 0 Å². The van der Waals surface area contributed by atoms with Gasteiger partial charge in [0.15, 0.2) is 0 Å². The SMILES string of the molecule is C[C@@H]1CNCCN1C(=O)C1CCCN(C(=O)CCOc2ccccc2)C1. The van der Waals surface area contributed by atoms with E-state index in [1.54, 1.807) is 0 Å². The molecule has 1 aromatic carbocycles. The summed E-state index contributed by atoms with van der Waals surface area (Å²) in [6.45, 7) is 6.18. The van der Waals surface area contributed by atoms with Gasteiger partial charge in [-0.15, -0.1) is 0 Å². The Hall–Kier alpha value is -2.08. The van der Waals surface area contributed by atoms with E-state index in [1.165, 1.54) is 0 Å². The molecule has 0 aliphatic carbocycles. The summed E-state index contributed by atoms with van der Waals surface area (Å²) in [5.74, 6) is 0.992. The van der Waals surface area contributed by atoms with E-state index in [1.807, 2.05) is 40.1 Å². The fraction of sp³-hybridized carbons (Fsp3) is 0.600. The third kappa shape index (κ3) is 4.75. The molecule has 1 N–H and O–H groups in total. The summed E-state index contributed by atoms with van der Waals surface area (Å²) in [7, 11) is 0. The Labute approximate surface area is 155 Å². The smallest absolute Gasteiger partial charge is 0.227 e. The lowest BCUT2D eigenvalue weighted by atomic mass is 9.95. The van der Waals surface area contributed by atoms with Crippen molar-refractivity contribution in [2.24, 2.45) is 5.92 Å². The Morgan fingerprint density at radius 1 is 1.23 bits per heavy atom. The number of ether oxygens (including phenoxy) is 1. The van der Waals surface area contributed by atoms with Crippen LogP contribution in [0.3, 0.4) is 0 Å². The molecule has 6 nitrogen and oxygen atoms in total. The van der Waals surface area contributed by atoms with Crippen LogP contribution in [0.4, 0.5) is 0 Å². The monoisotopic (exact) mass is 359 g/mol. The van der Waals surface area contributed by atoms with Gasteiger partial charge in [-0.1, -0.05) is 18.2 Å². The summed E-state index contributed by atoms with van der Waals surface area (Å²) in [4.78, 5) is 29.2. The number of nitrogens with one attached hydrogen (secondary N) is 1. The van der Waals surface area contributed by atoms with E-state index in [2.05, 4.69) is 12.2 Å². The van der Waals surface area contributed by atoms with Crippen LogP contribution in [-0.2, 0) is 9.59 Å². The Morgan fingerprint density at radius 2 is 2.04 bits per heavy atom. The Kier molecular flexibility index (Phi) is 6.50. The first-order chi connectivity index (χ1) is 12.6. The van der Waals surface area contributed by atoms with Gasteiger partial charge >= 0.3 is 0 Å². The van der Waals surface area contributed by atoms with E-state index in [0.29, 0.717) is 19.6 Å². The molecular weight excluding hydrogens is 330 g/mol. The van der Waals surface area contributed by atoms with Gasteiger partial charge in [0.05, 0.1) is 18.9 Å². The third-order valence-electron chi connectivity index (χ3n) is 5.24. The number of piperidine rings is 1. The zero-order chi connectivity index (χ0) is 18.4. The minimum Gasteiger partial charge on any atom is -0.493 e. The van der Waals surface area contributed by atoms with E-state index < -0.39 is 0 Å². The fourth-order valence-electron chi connectivity index (χ4n) is 3.74. The molecule has 0 saturated carbocycles. The van der Waals surface area contributed by atoms with Crippen molar-refractivity contribution in [1.29, 1.82) is 0 Å². The quantitative estimate of drug-likeness (QED) is 0.866. The van der Waals surface area contributed by atoms with Crippen molar-refractivity contribution in [2.75, 3.05) is 39.3 Å². The molecule has 0 spiro atoms. The van der Waals surface area contributed by atoms with Crippen LogP contribution in [0.1, 0.15) is 26.2 Å². The molecule has 26 heavy (non-hydrogen) atoms. The molecule has 2 saturated heterocycles. The average molecular weight is 359 g/mol. The number of likely N-dealkylation sites (tertiary alicyclic amines) is 1. The lowest BCUT2D eigenvalue weighted by Gasteiger charge is -2.39. The molecule has 2 heterocycles. The predicted octanol–water partition coefficient (Wildman–Crippen LogP) is 1.51. The number of para-hydroxylation sites is 1. The van der Waals surface area contributed by atoms with Gasteiger partial charge in [-0.25, -0.2) is 0 Å². The van der Waals surface area contributed by atoms with Crippen LogP contribution in [0.2, 0.25) is 0 Å². The second kappa shape index (κ2) is 9.03. The van der Waals surface area contributed by atoms with Crippen LogP contribution in [-0.4, -0.2) is 67.0 Å². The molecule has 2 aliphatic rings. The van der Waals surface area contributed by atoms with Gasteiger partial charge in [0.2, 0.25) is 11.8 Å². The molecular formula is C20H29N3O3. The Balaban J connectivity index is 1.47. The number of benzene rings is 1. The maximum absolute atomic E-state index is 12.9. The minimum atomic E-state index is -0.0664. The third-order valence-corrected chi connectivity index (χ3v) is 5.24. The number of carbonyl (C=O) groups excluding carboxylic acids is 2. The standard InChI is InChI=1S/C20H29N3O3/c1-16-14-21-10-12-23(16)20(25)17-6-5-11-22(15-17)19(24)9-13-26-18-7-3-2-4-8-18/h2-4,7-8,16-17,21H,5-6,9-15H2,1H3/t16-,17?/m1/s1. The van der Waals surface area contributed by atoms with Crippen LogP contribution in [0, 0.1) is 5.92 Å². The van der Waals surface area contributed by atoms with Crippen LogP contribution in [0.5, 0.6) is 5.75 Å². The molecule has 6 heteroatoms. The van der Waals surface area contributed by atoms with Crippen LogP contribution >= 0.6 is 0 Å². The molecule has 142 valence electrons. The number of nitrogens with zero attached hydrogens (tertiary/aromatic N) is 2. The van der Waals surface area contributed by atoms with E-state index in [4.69, 9.17) is 4.74 Å². The largest absolute Gasteiger partial charge is 0.493 e. The summed E-state index contributed by atoms with van der Waals surface area (Å²) in [6, 6.07) is 9.75. The maximum atomic E-state index is 12.9. The van der Waals surface area contributed by atoms with Crippen molar-refractivity contribution in [3.05, 3.63) is 30.3 Å². The van der Waals surface area contributed by atoms with Crippen molar-refractivity contribution in [3.8, 4) is 5.75 Å². The van der Waals surface area contributed by atoms with Crippen LogP contribution < -0.4 is 10.1 Å². The van der Waals surface area contributed by atoms with E-state index in [9.17, 15) is 9.59 Å². The van der Waals surface area contributed by atoms with E-state index in [-0.39, 0.29) is 23.8 Å². The first-order valence-corrected chi connectivity index (χ1v) is 9.62. The van der Waals surface area contributed by atoms with Gasteiger partial charge in [-0.05, 0) is 31.9 Å². The van der Waals surface area contributed by atoms with Crippen LogP contribution in [0.15, 0.2) is 30.3 Å². The number of carbonyl (C=O) groups is 2. The number of piperazine rings is 1. The number of hydrogen-bond acceptors (Lipinski definition) is 4. The molecule has 3 rings (SSSR count). The number of hydrogen-bond donors (Lipinski definition) is 1. The lowest BCUT2D eigenvalue weighted by molar-refractivity contribution is -0.143. The molecule has 2 fully saturated rings. The van der Waals surface area contributed by atoms with Crippen molar-refractivity contribution < 1.29 is 14.3 Å². The first kappa shape index (κ1) is 18.7. The van der Waals surface area contributed by atoms with E-state index >= 15 is 0 Å². The van der Waals surface area contributed by atoms with Gasteiger partial charge in [0.1, 0.15) is 5.75 Å². The lowest BCUT2D eigenvalue weighted by Crippen LogP contribution is -2.56. The van der Waals surface area contributed by atoms with E-state index in [0.717, 1.165) is 44.8 Å². The number of rotatable bonds is 5. The molecule has 2 amide bonds. The highest BCUT2D eigenvalue weighted by Gasteiger charge is 2.33. The Bertz CT molecular complexity index is 608. The minimum absolute atomic E-state index is 0.0664. The maximum Gasteiger partial charge on any atom is 0.227 e. The number of amides is 2. The summed E-state index contributed by atoms with van der Waals surface area (Å²) >= 11 is 0.